The first-order chi connectivity index (χ1) is 9.00. The fourth-order valence-corrected chi connectivity index (χ4v) is 1.65. The molecule has 0 spiro atoms. The fraction of sp³-hybridized carbons (Fsp3) is 0.167. The smallest absolute Gasteiger partial charge is 0.423 e. The number of rotatable bonds is 3. The van der Waals surface area contributed by atoms with E-state index in [1.165, 1.54) is 0 Å². The van der Waals surface area contributed by atoms with Crippen LogP contribution in [-0.4, -0.2) is 16.2 Å². The molecule has 2 rings (SSSR count). The number of thioether (sulfide) groups is 1. The van der Waals surface area contributed by atoms with Crippen molar-refractivity contribution in [2.24, 2.45) is 0 Å². The highest BCUT2D eigenvalue weighted by Gasteiger charge is 2.36. The molecule has 0 saturated carbocycles. The van der Waals surface area contributed by atoms with E-state index in [2.05, 4.69) is 9.97 Å². The number of nitrogens with zero attached hydrogens (tertiary/aromatic N) is 2. The lowest BCUT2D eigenvalue weighted by Crippen LogP contribution is -2.09. The number of ether oxygens (including phenoxy) is 1. The molecule has 0 fully saturated rings. The second-order valence-corrected chi connectivity index (χ2v) is 4.26. The van der Waals surface area contributed by atoms with Crippen LogP contribution in [0.3, 0.4) is 0 Å². The summed E-state index contributed by atoms with van der Waals surface area (Å²) in [5, 5.41) is 0.221. The molecule has 0 atom stereocenters. The average molecular weight is 286 g/mol. The average Bonchev–Trinajstić information content (AvgIpc) is 2.38. The molecule has 0 amide bonds. The topological polar surface area (TPSA) is 35.0 Å². The molecular weight excluding hydrogens is 277 g/mol. The number of para-hydroxylation sites is 1. The Labute approximate surface area is 111 Å². The molecule has 1 aromatic heterocycles. The van der Waals surface area contributed by atoms with E-state index in [0.717, 1.165) is 18.0 Å². The quantitative estimate of drug-likeness (QED) is 0.631. The van der Waals surface area contributed by atoms with Gasteiger partial charge in [0.25, 0.3) is 0 Å². The van der Waals surface area contributed by atoms with Gasteiger partial charge in [0.2, 0.25) is 5.88 Å². The second-order valence-electron chi connectivity index (χ2n) is 3.49. The van der Waals surface area contributed by atoms with Crippen LogP contribution in [0.4, 0.5) is 13.2 Å². The second kappa shape index (κ2) is 5.48. The molecule has 0 aliphatic rings. The highest BCUT2D eigenvalue weighted by atomic mass is 32.2. The molecule has 19 heavy (non-hydrogen) atoms. The zero-order valence-corrected chi connectivity index (χ0v) is 10.6. The Hall–Kier alpha value is -1.76. The Morgan fingerprint density at radius 2 is 1.84 bits per heavy atom. The van der Waals surface area contributed by atoms with Crippen LogP contribution in [-0.2, 0) is 6.18 Å². The minimum Gasteiger partial charge on any atom is -0.438 e. The van der Waals surface area contributed by atoms with Crippen molar-refractivity contribution in [1.82, 2.24) is 9.97 Å². The van der Waals surface area contributed by atoms with Crippen molar-refractivity contribution in [3.05, 3.63) is 42.1 Å². The lowest BCUT2D eigenvalue weighted by molar-refractivity contribution is -0.139. The van der Waals surface area contributed by atoms with E-state index in [1.807, 2.05) is 0 Å². The van der Waals surface area contributed by atoms with E-state index in [4.69, 9.17) is 4.74 Å². The first-order valence-electron chi connectivity index (χ1n) is 5.22. The van der Waals surface area contributed by atoms with Crippen LogP contribution in [0.2, 0.25) is 0 Å². The normalized spacial score (nSPS) is 11.4. The van der Waals surface area contributed by atoms with Crippen LogP contribution >= 0.6 is 11.8 Å². The lowest BCUT2D eigenvalue weighted by atomic mass is 10.3. The van der Waals surface area contributed by atoms with Gasteiger partial charge in [0.1, 0.15) is 11.3 Å². The molecule has 0 N–H and O–H groups in total. The third-order valence-electron chi connectivity index (χ3n) is 2.18. The number of aromatic nitrogens is 2. The predicted octanol–water partition coefficient (Wildman–Crippen LogP) is 4.01. The number of alkyl halides is 3. The maximum Gasteiger partial charge on any atom is 0.423 e. The molecule has 0 aliphatic carbocycles. The molecule has 3 nitrogen and oxygen atoms in total. The van der Waals surface area contributed by atoms with E-state index < -0.39 is 17.6 Å². The molecule has 0 radical (unpaired) electrons. The summed E-state index contributed by atoms with van der Waals surface area (Å²) in [6, 6.07) is 8.19. The van der Waals surface area contributed by atoms with E-state index in [1.54, 1.807) is 36.6 Å². The Bertz CT molecular complexity index is 561. The van der Waals surface area contributed by atoms with Crippen LogP contribution in [0.5, 0.6) is 11.6 Å². The fourth-order valence-electron chi connectivity index (χ4n) is 1.32. The Balaban J connectivity index is 2.41. The lowest BCUT2D eigenvalue weighted by Gasteiger charge is -2.12. The summed E-state index contributed by atoms with van der Waals surface area (Å²) in [7, 11) is 0. The van der Waals surface area contributed by atoms with Crippen LogP contribution in [0, 0.1) is 0 Å². The molecule has 0 aliphatic heterocycles. The Morgan fingerprint density at radius 1 is 1.16 bits per heavy atom. The standard InChI is InChI=1S/C12H9F3N2OS/c1-19-11-16-7-9(12(13,14)15)10(17-11)18-8-5-3-2-4-6-8/h2-7H,1H3. The van der Waals surface area contributed by atoms with Crippen molar-refractivity contribution < 1.29 is 17.9 Å². The molecule has 0 bridgehead atoms. The molecular formula is C12H9F3N2OS. The van der Waals surface area contributed by atoms with Crippen LogP contribution in [0.15, 0.2) is 41.7 Å². The number of hydrogen-bond donors (Lipinski definition) is 0. The number of hydrogen-bond acceptors (Lipinski definition) is 4. The predicted molar refractivity (Wildman–Crippen MR) is 65.3 cm³/mol. The first-order valence-corrected chi connectivity index (χ1v) is 6.44. The molecule has 1 aromatic carbocycles. The first kappa shape index (κ1) is 13.7. The van der Waals surface area contributed by atoms with Gasteiger partial charge in [-0.2, -0.15) is 18.2 Å². The van der Waals surface area contributed by atoms with Crippen LogP contribution < -0.4 is 4.74 Å². The Morgan fingerprint density at radius 3 is 2.42 bits per heavy atom. The summed E-state index contributed by atoms with van der Waals surface area (Å²) >= 11 is 1.14. The van der Waals surface area contributed by atoms with Gasteiger partial charge in [-0.05, 0) is 18.4 Å². The van der Waals surface area contributed by atoms with Crippen LogP contribution in [0.25, 0.3) is 0 Å². The van der Waals surface area contributed by atoms with Crippen molar-refractivity contribution in [2.45, 2.75) is 11.3 Å². The summed E-state index contributed by atoms with van der Waals surface area (Å²) in [6.07, 6.45) is -2.15. The van der Waals surface area contributed by atoms with E-state index >= 15 is 0 Å². The summed E-state index contributed by atoms with van der Waals surface area (Å²) in [6.45, 7) is 0. The van der Waals surface area contributed by atoms with Crippen LogP contribution in [0.1, 0.15) is 5.56 Å². The van der Waals surface area contributed by atoms with Crippen molar-refractivity contribution in [1.29, 1.82) is 0 Å². The third-order valence-corrected chi connectivity index (χ3v) is 2.74. The molecule has 100 valence electrons. The summed E-state index contributed by atoms with van der Waals surface area (Å²) in [5.41, 5.74) is -0.992. The maximum absolute atomic E-state index is 12.8. The van der Waals surface area contributed by atoms with E-state index in [9.17, 15) is 13.2 Å². The summed E-state index contributed by atoms with van der Waals surface area (Å²) < 4.78 is 43.7. The zero-order valence-electron chi connectivity index (χ0n) is 9.81. The molecule has 7 heteroatoms. The molecule has 0 saturated heterocycles. The van der Waals surface area contributed by atoms with Gasteiger partial charge < -0.3 is 4.74 Å². The highest BCUT2D eigenvalue weighted by molar-refractivity contribution is 7.98. The third kappa shape index (κ3) is 3.37. The van der Waals surface area contributed by atoms with E-state index in [-0.39, 0.29) is 5.16 Å². The van der Waals surface area contributed by atoms with Gasteiger partial charge in [0.05, 0.1) is 0 Å². The summed E-state index contributed by atoms with van der Waals surface area (Å²) in [4.78, 5) is 7.38. The van der Waals surface area contributed by atoms with Crippen molar-refractivity contribution in [2.75, 3.05) is 6.26 Å². The van der Waals surface area contributed by atoms with Gasteiger partial charge in [0.15, 0.2) is 5.16 Å². The van der Waals surface area contributed by atoms with Gasteiger partial charge in [-0.3, -0.25) is 0 Å². The minimum atomic E-state index is -4.55. The van der Waals surface area contributed by atoms with E-state index in [0.29, 0.717) is 5.75 Å². The molecule has 1 heterocycles. The van der Waals surface area contributed by atoms with Crippen molar-refractivity contribution in [3.63, 3.8) is 0 Å². The van der Waals surface area contributed by atoms with Gasteiger partial charge in [-0.15, -0.1) is 0 Å². The maximum atomic E-state index is 12.8. The highest BCUT2D eigenvalue weighted by Crippen LogP contribution is 2.37. The van der Waals surface area contributed by atoms with Gasteiger partial charge in [-0.25, -0.2) is 4.98 Å². The van der Waals surface area contributed by atoms with Gasteiger partial charge in [-0.1, -0.05) is 30.0 Å². The molecule has 2 aromatic rings. The van der Waals surface area contributed by atoms with Crippen molar-refractivity contribution >= 4 is 11.8 Å². The number of halogens is 3. The summed E-state index contributed by atoms with van der Waals surface area (Å²) in [5.74, 6) is -0.197. The Kier molecular flexibility index (Phi) is 3.94. The van der Waals surface area contributed by atoms with Gasteiger partial charge in [0, 0.05) is 6.20 Å². The zero-order chi connectivity index (χ0) is 13.9. The number of benzene rings is 1. The van der Waals surface area contributed by atoms with Crippen molar-refractivity contribution in [3.8, 4) is 11.6 Å². The SMILES string of the molecule is CSc1ncc(C(F)(F)F)c(Oc2ccccc2)n1. The minimum absolute atomic E-state index is 0.221. The van der Waals surface area contributed by atoms with Gasteiger partial charge >= 0.3 is 6.18 Å². The molecule has 0 unspecified atom stereocenters. The largest absolute Gasteiger partial charge is 0.438 e. The monoisotopic (exact) mass is 286 g/mol.